The van der Waals surface area contributed by atoms with Gasteiger partial charge >= 0.3 is 0 Å². The fourth-order valence-electron chi connectivity index (χ4n) is 1.54. The van der Waals surface area contributed by atoms with Crippen LogP contribution in [0.4, 0.5) is 4.39 Å². The Morgan fingerprint density at radius 2 is 2.15 bits per heavy atom. The highest BCUT2D eigenvalue weighted by molar-refractivity contribution is 5.26. The fourth-order valence-corrected chi connectivity index (χ4v) is 1.54. The summed E-state index contributed by atoms with van der Waals surface area (Å²) in [6.45, 7) is 1.72. The van der Waals surface area contributed by atoms with Crippen molar-refractivity contribution in [3.63, 3.8) is 0 Å². The Kier molecular flexibility index (Phi) is 2.08. The van der Waals surface area contributed by atoms with Crippen LogP contribution in [0.25, 0.3) is 0 Å². The third-order valence-corrected chi connectivity index (χ3v) is 2.59. The highest BCUT2D eigenvalue weighted by Crippen LogP contribution is 2.40. The van der Waals surface area contributed by atoms with Gasteiger partial charge in [-0.3, -0.25) is 0 Å². The van der Waals surface area contributed by atoms with E-state index in [1.54, 1.807) is 19.1 Å². The molecule has 13 heavy (non-hydrogen) atoms. The van der Waals surface area contributed by atoms with Gasteiger partial charge in [-0.25, -0.2) is 4.39 Å². The molecule has 0 unspecified atom stereocenters. The maximum Gasteiger partial charge on any atom is 0.126 e. The molecule has 0 aromatic heterocycles. The first-order chi connectivity index (χ1) is 6.18. The van der Waals surface area contributed by atoms with Crippen molar-refractivity contribution in [2.75, 3.05) is 0 Å². The van der Waals surface area contributed by atoms with Gasteiger partial charge in [0.2, 0.25) is 0 Å². The van der Waals surface area contributed by atoms with Crippen LogP contribution in [-0.2, 0) is 0 Å². The first-order valence-electron chi connectivity index (χ1n) is 4.62. The van der Waals surface area contributed by atoms with Crippen LogP contribution in [0, 0.1) is 18.7 Å². The van der Waals surface area contributed by atoms with Crippen LogP contribution in [0.15, 0.2) is 18.2 Å². The first kappa shape index (κ1) is 8.70. The molecule has 1 nitrogen and oxygen atoms in total. The number of hydrogen-bond acceptors (Lipinski definition) is 1. The second kappa shape index (κ2) is 3.11. The lowest BCUT2D eigenvalue weighted by atomic mass is 10.0. The predicted molar refractivity (Wildman–Crippen MR) is 48.8 cm³/mol. The summed E-state index contributed by atoms with van der Waals surface area (Å²) in [6.07, 6.45) is 1.80. The van der Waals surface area contributed by atoms with Crippen LogP contribution in [0.3, 0.4) is 0 Å². The maximum atomic E-state index is 12.9. The topological polar surface area (TPSA) is 20.2 Å². The molecule has 0 aliphatic heterocycles. The lowest BCUT2D eigenvalue weighted by Gasteiger charge is -2.10. The van der Waals surface area contributed by atoms with Crippen molar-refractivity contribution >= 4 is 0 Å². The van der Waals surface area contributed by atoms with Crippen LogP contribution in [0.5, 0.6) is 0 Å². The zero-order valence-electron chi connectivity index (χ0n) is 7.63. The van der Waals surface area contributed by atoms with Gasteiger partial charge < -0.3 is 5.11 Å². The Hall–Kier alpha value is -0.890. The van der Waals surface area contributed by atoms with Gasteiger partial charge in [-0.2, -0.15) is 0 Å². The molecule has 1 aliphatic rings. The summed E-state index contributed by atoms with van der Waals surface area (Å²) < 4.78 is 12.9. The minimum atomic E-state index is -0.390. The van der Waals surface area contributed by atoms with E-state index in [1.165, 1.54) is 6.07 Å². The molecule has 1 aliphatic carbocycles. The standard InChI is InChI=1S/C11H13FO/c1-7-6-9(4-5-10(7)12)11(13)8-2-3-8/h4-6,8,11,13H,2-3H2,1H3/t11-/m0/s1. The summed E-state index contributed by atoms with van der Waals surface area (Å²) in [5, 5.41) is 9.75. The Balaban J connectivity index is 2.24. The summed E-state index contributed by atoms with van der Waals surface area (Å²) in [5.41, 5.74) is 1.46. The van der Waals surface area contributed by atoms with Gasteiger partial charge in [0.05, 0.1) is 6.10 Å². The Morgan fingerprint density at radius 3 is 2.69 bits per heavy atom. The molecule has 1 aromatic carbocycles. The van der Waals surface area contributed by atoms with E-state index in [2.05, 4.69) is 0 Å². The molecule has 0 saturated heterocycles. The molecule has 0 radical (unpaired) electrons. The van der Waals surface area contributed by atoms with Gasteiger partial charge in [0.15, 0.2) is 0 Å². The molecule has 1 atom stereocenters. The molecule has 2 rings (SSSR count). The number of benzene rings is 1. The average molecular weight is 180 g/mol. The summed E-state index contributed by atoms with van der Waals surface area (Å²) in [4.78, 5) is 0. The van der Waals surface area contributed by atoms with E-state index in [0.717, 1.165) is 18.4 Å². The number of hydrogen-bond donors (Lipinski definition) is 1. The average Bonchev–Trinajstić information content (AvgIpc) is 2.91. The fraction of sp³-hybridized carbons (Fsp3) is 0.455. The van der Waals surface area contributed by atoms with Gasteiger partial charge in [-0.05, 0) is 42.9 Å². The van der Waals surface area contributed by atoms with Gasteiger partial charge in [0.25, 0.3) is 0 Å². The smallest absolute Gasteiger partial charge is 0.126 e. The quantitative estimate of drug-likeness (QED) is 0.741. The molecular weight excluding hydrogens is 167 g/mol. The van der Waals surface area contributed by atoms with Crippen molar-refractivity contribution in [1.82, 2.24) is 0 Å². The van der Waals surface area contributed by atoms with E-state index in [1.807, 2.05) is 0 Å². The molecule has 0 spiro atoms. The normalized spacial score (nSPS) is 18.7. The van der Waals surface area contributed by atoms with Crippen LogP contribution in [0.1, 0.15) is 30.1 Å². The number of aliphatic hydroxyl groups excluding tert-OH is 1. The second-order valence-electron chi connectivity index (χ2n) is 3.79. The minimum Gasteiger partial charge on any atom is -0.388 e. The zero-order valence-corrected chi connectivity index (χ0v) is 7.63. The molecule has 0 heterocycles. The monoisotopic (exact) mass is 180 g/mol. The number of aliphatic hydroxyl groups is 1. The van der Waals surface area contributed by atoms with E-state index in [0.29, 0.717) is 11.5 Å². The molecular formula is C11H13FO. The first-order valence-corrected chi connectivity index (χ1v) is 4.62. The van der Waals surface area contributed by atoms with Gasteiger partial charge in [-0.1, -0.05) is 12.1 Å². The molecule has 1 saturated carbocycles. The largest absolute Gasteiger partial charge is 0.388 e. The van der Waals surface area contributed by atoms with Crippen LogP contribution < -0.4 is 0 Å². The van der Waals surface area contributed by atoms with E-state index in [9.17, 15) is 9.50 Å². The highest BCUT2D eigenvalue weighted by atomic mass is 19.1. The molecule has 70 valence electrons. The van der Waals surface area contributed by atoms with Gasteiger partial charge in [0.1, 0.15) is 5.82 Å². The molecule has 1 aromatic rings. The Labute approximate surface area is 77.2 Å². The van der Waals surface area contributed by atoms with Crippen LogP contribution in [-0.4, -0.2) is 5.11 Å². The molecule has 1 N–H and O–H groups in total. The Morgan fingerprint density at radius 1 is 1.46 bits per heavy atom. The van der Waals surface area contributed by atoms with Crippen molar-refractivity contribution in [2.24, 2.45) is 5.92 Å². The number of aryl methyl sites for hydroxylation is 1. The van der Waals surface area contributed by atoms with Crippen LogP contribution >= 0.6 is 0 Å². The zero-order chi connectivity index (χ0) is 9.42. The molecule has 0 bridgehead atoms. The van der Waals surface area contributed by atoms with E-state index in [-0.39, 0.29) is 11.9 Å². The second-order valence-corrected chi connectivity index (χ2v) is 3.79. The molecule has 1 fully saturated rings. The predicted octanol–water partition coefficient (Wildman–Crippen LogP) is 2.58. The van der Waals surface area contributed by atoms with Gasteiger partial charge in [-0.15, -0.1) is 0 Å². The van der Waals surface area contributed by atoms with Crippen molar-refractivity contribution in [3.05, 3.63) is 35.1 Å². The van der Waals surface area contributed by atoms with E-state index < -0.39 is 0 Å². The molecule has 2 heteroatoms. The van der Waals surface area contributed by atoms with Crippen molar-refractivity contribution in [2.45, 2.75) is 25.9 Å². The van der Waals surface area contributed by atoms with Gasteiger partial charge in [0, 0.05) is 0 Å². The highest BCUT2D eigenvalue weighted by Gasteiger charge is 2.30. The number of halogens is 1. The number of rotatable bonds is 2. The summed E-state index contributed by atoms with van der Waals surface area (Å²) >= 11 is 0. The lowest BCUT2D eigenvalue weighted by molar-refractivity contribution is 0.153. The summed E-state index contributed by atoms with van der Waals surface area (Å²) in [6, 6.07) is 4.83. The third kappa shape index (κ3) is 1.73. The SMILES string of the molecule is Cc1cc([C@@H](O)C2CC2)ccc1F. The summed E-state index contributed by atoms with van der Waals surface area (Å²) in [7, 11) is 0. The van der Waals surface area contributed by atoms with Crippen molar-refractivity contribution in [3.8, 4) is 0 Å². The van der Waals surface area contributed by atoms with Crippen LogP contribution in [0.2, 0.25) is 0 Å². The summed E-state index contributed by atoms with van der Waals surface area (Å²) in [5.74, 6) is 0.205. The third-order valence-electron chi connectivity index (χ3n) is 2.59. The van der Waals surface area contributed by atoms with Crippen molar-refractivity contribution < 1.29 is 9.50 Å². The molecule has 0 amide bonds. The maximum absolute atomic E-state index is 12.9. The lowest BCUT2D eigenvalue weighted by Crippen LogP contribution is -2.00. The van der Waals surface area contributed by atoms with Crippen molar-refractivity contribution in [1.29, 1.82) is 0 Å². The van der Waals surface area contributed by atoms with E-state index >= 15 is 0 Å². The minimum absolute atomic E-state index is 0.202. The van der Waals surface area contributed by atoms with E-state index in [4.69, 9.17) is 0 Å². The Bertz CT molecular complexity index is 318.